The zero-order chi connectivity index (χ0) is 18.9. The van der Waals surface area contributed by atoms with Gasteiger partial charge in [-0.1, -0.05) is 24.3 Å². The van der Waals surface area contributed by atoms with E-state index in [0.29, 0.717) is 0 Å². The predicted octanol–water partition coefficient (Wildman–Crippen LogP) is 3.11. The molecule has 0 saturated carbocycles. The van der Waals surface area contributed by atoms with Gasteiger partial charge in [-0.25, -0.2) is 0 Å². The summed E-state index contributed by atoms with van der Waals surface area (Å²) in [7, 11) is -6.54. The molecule has 0 heterocycles. The summed E-state index contributed by atoms with van der Waals surface area (Å²) in [6.45, 7) is 13.1. The SMILES string of the molecule is C[Si](C)(O[Si](C)(C)c1cccc(N)c1)O[Si](C)(C)c1cccc(N)c1. The van der Waals surface area contributed by atoms with E-state index < -0.39 is 25.2 Å². The number of hydrogen-bond acceptors (Lipinski definition) is 4. The lowest BCUT2D eigenvalue weighted by atomic mass is 10.3. The molecule has 0 aliphatic rings. The normalized spacial score (nSPS) is 13.0. The van der Waals surface area contributed by atoms with Crippen molar-refractivity contribution in [2.24, 2.45) is 0 Å². The highest BCUT2D eigenvalue weighted by Gasteiger charge is 2.41. The van der Waals surface area contributed by atoms with Crippen LogP contribution in [0.2, 0.25) is 39.3 Å². The Hall–Kier alpha value is -1.39. The Kier molecular flexibility index (Phi) is 5.65. The second-order valence-corrected chi connectivity index (χ2v) is 19.5. The van der Waals surface area contributed by atoms with Crippen molar-refractivity contribution in [2.75, 3.05) is 11.5 Å². The maximum atomic E-state index is 6.66. The summed E-state index contributed by atoms with van der Waals surface area (Å²) < 4.78 is 13.3. The fraction of sp³-hybridized carbons (Fsp3) is 0.333. The first-order chi connectivity index (χ1) is 11.4. The second kappa shape index (κ2) is 7.08. The maximum Gasteiger partial charge on any atom is 0.311 e. The van der Waals surface area contributed by atoms with Gasteiger partial charge in [0, 0.05) is 11.4 Å². The highest BCUT2D eigenvalue weighted by Crippen LogP contribution is 2.21. The van der Waals surface area contributed by atoms with Crippen molar-refractivity contribution in [2.45, 2.75) is 39.3 Å². The zero-order valence-electron chi connectivity index (χ0n) is 16.1. The van der Waals surface area contributed by atoms with E-state index in [0.717, 1.165) is 11.4 Å². The van der Waals surface area contributed by atoms with E-state index in [1.54, 1.807) is 0 Å². The molecule has 0 aromatic heterocycles. The standard InChI is InChI=1S/C18H30N2O2Si3/c1-23(2,17-11-7-9-15(19)13-17)21-25(5,6)22-24(3,4)18-12-8-10-16(20)14-18/h7-14H,19-20H2,1-6H3. The van der Waals surface area contributed by atoms with Crippen LogP contribution in [0.25, 0.3) is 0 Å². The summed E-state index contributed by atoms with van der Waals surface area (Å²) in [5.41, 5.74) is 13.5. The Labute approximate surface area is 154 Å². The quantitative estimate of drug-likeness (QED) is 0.587. The molecule has 2 aromatic rings. The fourth-order valence-electron chi connectivity index (χ4n) is 3.19. The van der Waals surface area contributed by atoms with Gasteiger partial charge in [0.25, 0.3) is 0 Å². The van der Waals surface area contributed by atoms with Crippen LogP contribution in [0.15, 0.2) is 48.5 Å². The van der Waals surface area contributed by atoms with E-state index in [-0.39, 0.29) is 0 Å². The van der Waals surface area contributed by atoms with Crippen LogP contribution in [0.5, 0.6) is 0 Å². The lowest BCUT2D eigenvalue weighted by molar-refractivity contribution is 0.401. The Morgan fingerprint density at radius 3 is 1.32 bits per heavy atom. The minimum atomic E-state index is -2.33. The van der Waals surface area contributed by atoms with Crippen molar-refractivity contribution >= 4 is 46.9 Å². The van der Waals surface area contributed by atoms with Gasteiger partial charge in [-0.05, 0) is 73.9 Å². The number of nitrogens with two attached hydrogens (primary N) is 2. The molecule has 4 nitrogen and oxygen atoms in total. The molecule has 0 aliphatic heterocycles. The molecule has 0 aliphatic carbocycles. The summed E-state index contributed by atoms with van der Waals surface area (Å²) in [4.78, 5) is 0. The lowest BCUT2D eigenvalue weighted by Gasteiger charge is -2.39. The van der Waals surface area contributed by atoms with E-state index in [1.165, 1.54) is 10.4 Å². The molecular formula is C18H30N2O2Si3. The van der Waals surface area contributed by atoms with E-state index in [4.69, 9.17) is 19.7 Å². The third kappa shape index (κ3) is 5.29. The fourth-order valence-corrected chi connectivity index (χ4v) is 16.5. The average molecular weight is 391 g/mol. The van der Waals surface area contributed by atoms with Crippen molar-refractivity contribution in [3.05, 3.63) is 48.5 Å². The summed E-state index contributed by atoms with van der Waals surface area (Å²) in [5, 5.41) is 2.39. The third-order valence-electron chi connectivity index (χ3n) is 4.17. The molecule has 0 atom stereocenters. The molecular weight excluding hydrogens is 360 g/mol. The molecule has 0 unspecified atom stereocenters. The number of rotatable bonds is 6. The molecule has 0 bridgehead atoms. The number of nitrogen functional groups attached to an aromatic ring is 2. The van der Waals surface area contributed by atoms with Crippen LogP contribution >= 0.6 is 0 Å². The summed E-state index contributed by atoms with van der Waals surface area (Å²) in [6.07, 6.45) is 0. The Morgan fingerprint density at radius 1 is 0.640 bits per heavy atom. The lowest BCUT2D eigenvalue weighted by Crippen LogP contribution is -2.59. The molecule has 0 amide bonds. The maximum absolute atomic E-state index is 6.66. The van der Waals surface area contributed by atoms with Crippen LogP contribution in [0.3, 0.4) is 0 Å². The number of benzene rings is 2. The van der Waals surface area contributed by atoms with E-state index in [1.807, 2.05) is 36.4 Å². The minimum absolute atomic E-state index is 0.775. The Bertz CT molecular complexity index is 687. The molecule has 4 N–H and O–H groups in total. The van der Waals surface area contributed by atoms with Crippen LogP contribution in [0, 0.1) is 0 Å². The molecule has 25 heavy (non-hydrogen) atoms. The van der Waals surface area contributed by atoms with Gasteiger partial charge >= 0.3 is 8.56 Å². The smallest absolute Gasteiger partial charge is 0.311 e. The highest BCUT2D eigenvalue weighted by atomic mass is 28.5. The van der Waals surface area contributed by atoms with Gasteiger partial charge < -0.3 is 19.7 Å². The second-order valence-electron chi connectivity index (χ2n) is 7.88. The van der Waals surface area contributed by atoms with E-state index >= 15 is 0 Å². The zero-order valence-corrected chi connectivity index (χ0v) is 19.1. The molecule has 7 heteroatoms. The van der Waals surface area contributed by atoms with Gasteiger partial charge in [0.05, 0.1) is 0 Å². The molecule has 0 saturated heterocycles. The van der Waals surface area contributed by atoms with Crippen LogP contribution in [-0.2, 0) is 8.23 Å². The highest BCUT2D eigenvalue weighted by molar-refractivity contribution is 6.95. The summed E-state index contributed by atoms with van der Waals surface area (Å²) in [5.74, 6) is 0. The largest absolute Gasteiger partial charge is 0.433 e. The van der Waals surface area contributed by atoms with Crippen LogP contribution in [-0.4, -0.2) is 25.2 Å². The monoisotopic (exact) mass is 390 g/mol. The van der Waals surface area contributed by atoms with Gasteiger partial charge in [-0.2, -0.15) is 0 Å². The van der Waals surface area contributed by atoms with Gasteiger partial charge in [0.2, 0.25) is 16.6 Å². The Morgan fingerprint density at radius 2 is 1.00 bits per heavy atom. The molecule has 136 valence electrons. The van der Waals surface area contributed by atoms with Crippen molar-refractivity contribution in [3.8, 4) is 0 Å². The first-order valence-corrected chi connectivity index (χ1v) is 17.2. The van der Waals surface area contributed by atoms with E-state index in [2.05, 4.69) is 51.4 Å². The van der Waals surface area contributed by atoms with Crippen molar-refractivity contribution in [3.63, 3.8) is 0 Å². The van der Waals surface area contributed by atoms with Crippen LogP contribution in [0.1, 0.15) is 0 Å². The number of anilines is 2. The molecule has 0 radical (unpaired) electrons. The summed E-state index contributed by atoms with van der Waals surface area (Å²) >= 11 is 0. The number of hydrogen-bond donors (Lipinski definition) is 2. The average Bonchev–Trinajstić information content (AvgIpc) is 2.45. The van der Waals surface area contributed by atoms with E-state index in [9.17, 15) is 0 Å². The first kappa shape index (κ1) is 19.9. The predicted molar refractivity (Wildman–Crippen MR) is 116 cm³/mol. The topological polar surface area (TPSA) is 70.5 Å². The molecule has 0 fully saturated rings. The molecule has 2 aromatic carbocycles. The first-order valence-electron chi connectivity index (χ1n) is 8.54. The van der Waals surface area contributed by atoms with Crippen LogP contribution in [0.4, 0.5) is 11.4 Å². The molecule has 2 rings (SSSR count). The van der Waals surface area contributed by atoms with Gasteiger partial charge in [-0.15, -0.1) is 0 Å². The molecule has 0 spiro atoms. The van der Waals surface area contributed by atoms with Crippen molar-refractivity contribution in [1.29, 1.82) is 0 Å². The van der Waals surface area contributed by atoms with Crippen LogP contribution < -0.4 is 21.8 Å². The third-order valence-corrected chi connectivity index (χ3v) is 15.6. The van der Waals surface area contributed by atoms with Crippen molar-refractivity contribution < 1.29 is 8.23 Å². The van der Waals surface area contributed by atoms with Gasteiger partial charge in [0.1, 0.15) is 0 Å². The van der Waals surface area contributed by atoms with Gasteiger partial charge in [0.15, 0.2) is 0 Å². The van der Waals surface area contributed by atoms with Gasteiger partial charge in [-0.3, -0.25) is 0 Å². The minimum Gasteiger partial charge on any atom is -0.433 e. The Balaban J connectivity index is 2.20. The summed E-state index contributed by atoms with van der Waals surface area (Å²) in [6, 6.07) is 16.1. The van der Waals surface area contributed by atoms with Crippen molar-refractivity contribution in [1.82, 2.24) is 0 Å².